The van der Waals surface area contributed by atoms with Gasteiger partial charge >= 0.3 is 32.6 Å². The molecule has 0 aromatic heterocycles. The second-order valence-corrected chi connectivity index (χ2v) is 8.78. The van der Waals surface area contributed by atoms with Gasteiger partial charge in [-0.1, -0.05) is 0 Å². The summed E-state index contributed by atoms with van der Waals surface area (Å²) in [5, 5.41) is 0. The zero-order valence-electron chi connectivity index (χ0n) is 11.7. The molecule has 0 aliphatic heterocycles. The van der Waals surface area contributed by atoms with Crippen LogP contribution in [0.2, 0.25) is 0 Å². The average Bonchev–Trinajstić information content (AvgIpc) is 2.16. The summed E-state index contributed by atoms with van der Waals surface area (Å²) in [5.74, 6) is 0. The first kappa shape index (κ1) is 28.2. The van der Waals surface area contributed by atoms with E-state index in [1.807, 2.05) is 0 Å². The van der Waals surface area contributed by atoms with Crippen LogP contribution in [0.4, 0.5) is 0 Å². The first-order valence-electron chi connectivity index (χ1n) is 4.24. The third kappa shape index (κ3) is 54.9. The van der Waals surface area contributed by atoms with Crippen LogP contribution in [0.3, 0.4) is 0 Å². The summed E-state index contributed by atoms with van der Waals surface area (Å²) in [6.45, 7) is 3.28. The molecular weight excluding hydrogens is 336 g/mol. The van der Waals surface area contributed by atoms with Crippen LogP contribution in [0.5, 0.6) is 0 Å². The van der Waals surface area contributed by atoms with E-state index in [9.17, 15) is 18.6 Å². The van der Waals surface area contributed by atoms with Gasteiger partial charge in [0.2, 0.25) is 0 Å². The van der Waals surface area contributed by atoms with Crippen molar-refractivity contribution in [2.75, 3.05) is 41.3 Å². The molecule has 114 valence electrons. The summed E-state index contributed by atoms with van der Waals surface area (Å²) >= 11 is 0. The first-order chi connectivity index (χ1) is 7.68. The molecule has 0 spiro atoms. The molecule has 2 N–H and O–H groups in total. The van der Waals surface area contributed by atoms with Gasteiger partial charge in [0.25, 0.3) is 0 Å². The van der Waals surface area contributed by atoms with Crippen molar-refractivity contribution in [3.63, 3.8) is 0 Å². The molecule has 0 bridgehead atoms. The van der Waals surface area contributed by atoms with Crippen LogP contribution < -0.4 is 4.89 Å². The fourth-order valence-electron chi connectivity index (χ4n) is 0. The van der Waals surface area contributed by atoms with Gasteiger partial charge in [0.1, 0.15) is 7.60 Å². The molecule has 0 amide bonds. The van der Waals surface area contributed by atoms with Crippen LogP contribution in [0.15, 0.2) is 0 Å². The van der Waals surface area contributed by atoms with E-state index < -0.39 is 22.8 Å². The average molecular weight is 356 g/mol. The Morgan fingerprint density at radius 1 is 0.789 bits per heavy atom. The minimum Gasteiger partial charge on any atom is -0.779 e. The number of hydrogen-bond donors (Lipinski definition) is 2. The van der Waals surface area contributed by atoms with Crippen LogP contribution in [-0.2, 0) is 27.3 Å². The van der Waals surface area contributed by atoms with Crippen molar-refractivity contribution in [1.82, 2.24) is 0 Å². The molecule has 9 nitrogen and oxygen atoms in total. The van der Waals surface area contributed by atoms with Crippen molar-refractivity contribution in [3.8, 4) is 0 Å². The molecule has 0 heterocycles. The quantitative estimate of drug-likeness (QED) is 0.540. The monoisotopic (exact) mass is 356 g/mol. The van der Waals surface area contributed by atoms with Crippen molar-refractivity contribution in [1.29, 1.82) is 0 Å². The summed E-state index contributed by atoms with van der Waals surface area (Å²) in [5.41, 5.74) is 0. The minimum atomic E-state index is -3.40. The maximum atomic E-state index is 9.92. The first-order valence-corrected chi connectivity index (χ1v) is 10.3. The Morgan fingerprint density at radius 2 is 0.895 bits per heavy atom. The second kappa shape index (κ2) is 12.7. The van der Waals surface area contributed by atoms with Crippen molar-refractivity contribution >= 4 is 40.1 Å². The van der Waals surface area contributed by atoms with Crippen molar-refractivity contribution in [2.45, 2.75) is 0 Å². The zero-order valence-corrected chi connectivity index (χ0v) is 15.5. The van der Waals surface area contributed by atoms with Crippen LogP contribution >= 0.6 is 22.8 Å². The van der Waals surface area contributed by atoms with E-state index in [0.717, 1.165) is 27.1 Å². The predicted octanol–water partition coefficient (Wildman–Crippen LogP) is 0.331. The molecular formula is C6H20AlO9P3+2. The van der Waals surface area contributed by atoms with Crippen LogP contribution in [-0.4, -0.2) is 68.5 Å². The van der Waals surface area contributed by atoms with Gasteiger partial charge in [-0.25, -0.2) is 0 Å². The molecule has 13 heteroatoms. The van der Waals surface area contributed by atoms with Crippen molar-refractivity contribution in [2.24, 2.45) is 0 Å². The number of hydrogen-bond acceptors (Lipinski definition) is 7. The summed E-state index contributed by atoms with van der Waals surface area (Å²) in [7, 11) is -6.17. The predicted molar refractivity (Wildman–Crippen MR) is 71.8 cm³/mol. The molecule has 0 aromatic rings. The Bertz CT molecular complexity index is 277. The zero-order chi connectivity index (χ0) is 15.6. The van der Waals surface area contributed by atoms with Gasteiger partial charge in [0, 0.05) is 41.3 Å². The van der Waals surface area contributed by atoms with Crippen molar-refractivity contribution < 1.29 is 41.9 Å². The van der Waals surface area contributed by atoms with E-state index in [1.165, 1.54) is 14.2 Å². The molecule has 19 heavy (non-hydrogen) atoms. The van der Waals surface area contributed by atoms with Gasteiger partial charge in [-0.15, -0.1) is 0 Å². The van der Waals surface area contributed by atoms with E-state index >= 15 is 0 Å². The second-order valence-electron chi connectivity index (χ2n) is 2.93. The summed E-state index contributed by atoms with van der Waals surface area (Å²) in [4.78, 5) is 26.1. The van der Waals surface area contributed by atoms with Crippen molar-refractivity contribution in [3.05, 3.63) is 0 Å². The smallest absolute Gasteiger partial charge is 0.779 e. The molecule has 3 unspecified atom stereocenters. The molecule has 0 saturated heterocycles. The van der Waals surface area contributed by atoms with Gasteiger partial charge in [-0.05, 0) is 0 Å². The fraction of sp³-hybridized carbons (Fsp3) is 1.00. The summed E-state index contributed by atoms with van der Waals surface area (Å²) < 4.78 is 41.7. The molecule has 0 fully saturated rings. The molecule has 0 rings (SSSR count). The van der Waals surface area contributed by atoms with E-state index in [1.54, 1.807) is 0 Å². The van der Waals surface area contributed by atoms with Gasteiger partial charge in [0.05, 0.1) is 0 Å². The molecule has 0 aliphatic carbocycles. The third-order valence-corrected chi connectivity index (χ3v) is 3.03. The van der Waals surface area contributed by atoms with E-state index in [4.69, 9.17) is 9.79 Å². The van der Waals surface area contributed by atoms with Crippen LogP contribution in [0.25, 0.3) is 0 Å². The normalized spacial score (nSPS) is 18.8. The molecule has 0 aromatic carbocycles. The fourth-order valence-corrected chi connectivity index (χ4v) is 0. The Morgan fingerprint density at radius 3 is 0.895 bits per heavy atom. The molecule has 3 atom stereocenters. The summed E-state index contributed by atoms with van der Waals surface area (Å²) in [6.07, 6.45) is 0. The SMILES string of the molecule is COP(C)(=O)O.COP(C)(=O)O.COP(C)(=O)[O-].[Al+3]. The summed E-state index contributed by atoms with van der Waals surface area (Å²) in [6, 6.07) is 0. The Balaban J connectivity index is -0.0000000865. The Labute approximate surface area is 124 Å². The maximum Gasteiger partial charge on any atom is 3.00 e. The van der Waals surface area contributed by atoms with Crippen LogP contribution in [0.1, 0.15) is 0 Å². The number of rotatable bonds is 3. The van der Waals surface area contributed by atoms with Gasteiger partial charge in [0.15, 0.2) is 0 Å². The third-order valence-electron chi connectivity index (χ3n) is 1.01. The standard InChI is InChI=1S/3C2H7O3P.Al/c3*1-5-6(2,3)4;/h3*1-2H3,(H,3,4);/q;;;+3/p-1. The Hall–Kier alpha value is 0.982. The van der Waals surface area contributed by atoms with E-state index in [-0.39, 0.29) is 17.4 Å². The van der Waals surface area contributed by atoms with E-state index in [2.05, 4.69) is 13.6 Å². The molecule has 0 aliphatic rings. The maximum absolute atomic E-state index is 9.92. The van der Waals surface area contributed by atoms with Gasteiger partial charge in [-0.3, -0.25) is 9.13 Å². The van der Waals surface area contributed by atoms with Gasteiger partial charge in [-0.2, -0.15) is 0 Å². The molecule has 0 radical (unpaired) electrons. The Kier molecular flexibility index (Phi) is 18.8. The van der Waals surface area contributed by atoms with Crippen LogP contribution in [0, 0.1) is 0 Å². The van der Waals surface area contributed by atoms with Gasteiger partial charge < -0.3 is 32.8 Å². The molecule has 0 saturated carbocycles. The largest absolute Gasteiger partial charge is 3.00 e. The minimum absolute atomic E-state index is 0. The van der Waals surface area contributed by atoms with E-state index in [0.29, 0.717) is 0 Å². The topological polar surface area (TPSA) is 142 Å².